The van der Waals surface area contributed by atoms with E-state index in [1.807, 2.05) is 13.8 Å². The van der Waals surface area contributed by atoms with Crippen LogP contribution in [0.25, 0.3) is 0 Å². The minimum absolute atomic E-state index is 0.0888. The van der Waals surface area contributed by atoms with E-state index in [-0.39, 0.29) is 22.3 Å². The second-order valence-corrected chi connectivity index (χ2v) is 4.74. The van der Waals surface area contributed by atoms with Crippen LogP contribution in [0.4, 0.5) is 10.5 Å². The fourth-order valence-electron chi connectivity index (χ4n) is 1.79. The molecule has 0 heterocycles. The highest BCUT2D eigenvalue weighted by Gasteiger charge is 2.18. The fourth-order valence-corrected chi connectivity index (χ4v) is 2.05. The Balaban J connectivity index is 2.89. The third kappa shape index (κ3) is 4.13. The van der Waals surface area contributed by atoms with Gasteiger partial charge in [-0.15, -0.1) is 0 Å². The predicted molar refractivity (Wildman–Crippen MR) is 79.6 cm³/mol. The first-order valence-corrected chi connectivity index (χ1v) is 6.96. The number of nitrogens with one attached hydrogen (secondary N) is 1. The molecule has 0 aliphatic rings. The van der Waals surface area contributed by atoms with Gasteiger partial charge in [-0.1, -0.05) is 31.0 Å². The zero-order chi connectivity index (χ0) is 15.1. The zero-order valence-electron chi connectivity index (χ0n) is 11.6. The summed E-state index contributed by atoms with van der Waals surface area (Å²) in [5, 5.41) is 11.9. The molecule has 0 bridgehead atoms. The number of carboxylic acids is 1. The molecule has 6 heteroatoms. The number of halogens is 1. The maximum atomic E-state index is 12.1. The lowest BCUT2D eigenvalue weighted by Gasteiger charge is -2.21. The molecule has 0 aliphatic heterocycles. The fraction of sp³-hybridized carbons (Fsp3) is 0.429. The molecule has 0 unspecified atom stereocenters. The van der Waals surface area contributed by atoms with E-state index in [4.69, 9.17) is 16.7 Å². The van der Waals surface area contributed by atoms with Crippen LogP contribution in [-0.2, 0) is 0 Å². The lowest BCUT2D eigenvalue weighted by Crippen LogP contribution is -2.35. The normalized spacial score (nSPS) is 10.2. The van der Waals surface area contributed by atoms with Gasteiger partial charge in [-0.2, -0.15) is 0 Å². The highest BCUT2D eigenvalue weighted by atomic mass is 35.5. The highest BCUT2D eigenvalue weighted by Crippen LogP contribution is 2.24. The van der Waals surface area contributed by atoms with Gasteiger partial charge in [-0.05, 0) is 25.5 Å². The van der Waals surface area contributed by atoms with E-state index in [2.05, 4.69) is 5.32 Å². The summed E-state index contributed by atoms with van der Waals surface area (Å²) in [7, 11) is 0. The van der Waals surface area contributed by atoms with Crippen LogP contribution in [0.3, 0.4) is 0 Å². The molecule has 2 N–H and O–H groups in total. The average molecular weight is 299 g/mol. The van der Waals surface area contributed by atoms with Gasteiger partial charge in [0.1, 0.15) is 5.56 Å². The average Bonchev–Trinajstić information content (AvgIpc) is 2.39. The molecular weight excluding hydrogens is 280 g/mol. The summed E-state index contributed by atoms with van der Waals surface area (Å²) in [5.74, 6) is -1.16. The van der Waals surface area contributed by atoms with E-state index < -0.39 is 5.97 Å². The van der Waals surface area contributed by atoms with Crippen molar-refractivity contribution in [1.29, 1.82) is 0 Å². The third-order valence-electron chi connectivity index (χ3n) is 2.92. The van der Waals surface area contributed by atoms with Crippen LogP contribution in [0.1, 0.15) is 37.0 Å². The Kier molecular flexibility index (Phi) is 6.31. The van der Waals surface area contributed by atoms with Crippen LogP contribution in [-0.4, -0.2) is 35.1 Å². The van der Waals surface area contributed by atoms with E-state index >= 15 is 0 Å². The number of amides is 2. The Labute approximate surface area is 123 Å². The van der Waals surface area contributed by atoms with Crippen molar-refractivity contribution in [2.75, 3.05) is 18.4 Å². The molecule has 110 valence electrons. The molecule has 0 radical (unpaired) electrons. The van der Waals surface area contributed by atoms with E-state index in [0.717, 1.165) is 12.8 Å². The van der Waals surface area contributed by atoms with Gasteiger partial charge in [0.05, 0.1) is 10.7 Å². The maximum absolute atomic E-state index is 12.1. The summed E-state index contributed by atoms with van der Waals surface area (Å²) in [4.78, 5) is 24.9. The number of anilines is 1. The zero-order valence-corrected chi connectivity index (χ0v) is 12.4. The summed E-state index contributed by atoms with van der Waals surface area (Å²) in [6, 6.07) is 4.30. The van der Waals surface area contributed by atoms with Crippen molar-refractivity contribution in [1.82, 2.24) is 4.90 Å². The number of carboxylic acid groups (broad SMARTS) is 1. The molecule has 20 heavy (non-hydrogen) atoms. The Morgan fingerprint density at radius 2 is 2.05 bits per heavy atom. The van der Waals surface area contributed by atoms with E-state index in [1.165, 1.54) is 12.1 Å². The second kappa shape index (κ2) is 7.75. The van der Waals surface area contributed by atoms with Gasteiger partial charge in [0, 0.05) is 13.1 Å². The lowest BCUT2D eigenvalue weighted by molar-refractivity contribution is 0.0698. The van der Waals surface area contributed by atoms with Gasteiger partial charge in [0.15, 0.2) is 0 Å². The van der Waals surface area contributed by atoms with Crippen molar-refractivity contribution < 1.29 is 14.7 Å². The van der Waals surface area contributed by atoms with Gasteiger partial charge in [0.2, 0.25) is 0 Å². The Hall–Kier alpha value is -1.75. The monoisotopic (exact) mass is 298 g/mol. The minimum Gasteiger partial charge on any atom is -0.478 e. The van der Waals surface area contributed by atoms with Crippen molar-refractivity contribution in [3.8, 4) is 0 Å². The topological polar surface area (TPSA) is 69.6 Å². The summed E-state index contributed by atoms with van der Waals surface area (Å²) in [6.07, 6.45) is 1.89. The van der Waals surface area contributed by atoms with Crippen molar-refractivity contribution >= 4 is 29.3 Å². The molecule has 1 rings (SSSR count). The SMILES string of the molecule is CCCCN(CC)C(=O)Nc1cccc(Cl)c1C(=O)O. The number of unbranched alkanes of at least 4 members (excludes halogenated alkanes) is 1. The first-order chi connectivity index (χ1) is 9.51. The molecule has 1 aromatic rings. The molecule has 2 amide bonds. The number of carbonyl (C=O) groups excluding carboxylic acids is 1. The first-order valence-electron chi connectivity index (χ1n) is 6.59. The number of urea groups is 1. The van der Waals surface area contributed by atoms with Gasteiger partial charge >= 0.3 is 12.0 Å². The molecule has 0 saturated heterocycles. The number of hydrogen-bond donors (Lipinski definition) is 2. The van der Waals surface area contributed by atoms with E-state index in [0.29, 0.717) is 13.1 Å². The van der Waals surface area contributed by atoms with Crippen molar-refractivity contribution in [2.45, 2.75) is 26.7 Å². The summed E-state index contributed by atoms with van der Waals surface area (Å²) >= 11 is 5.86. The number of nitrogens with zero attached hydrogens (tertiary/aromatic N) is 1. The van der Waals surface area contributed by atoms with Crippen LogP contribution >= 0.6 is 11.6 Å². The quantitative estimate of drug-likeness (QED) is 0.841. The standard InChI is InChI=1S/C14H19ClN2O3/c1-3-5-9-17(4-2)14(20)16-11-8-6-7-10(15)12(11)13(18)19/h6-8H,3-5,9H2,1-2H3,(H,16,20)(H,18,19). The van der Waals surface area contributed by atoms with Gasteiger partial charge in [0.25, 0.3) is 0 Å². The largest absolute Gasteiger partial charge is 0.478 e. The van der Waals surface area contributed by atoms with Crippen molar-refractivity contribution in [3.63, 3.8) is 0 Å². The van der Waals surface area contributed by atoms with Gasteiger partial charge < -0.3 is 15.3 Å². The first kappa shape index (κ1) is 16.3. The number of aromatic carboxylic acids is 1. The van der Waals surface area contributed by atoms with Crippen molar-refractivity contribution in [3.05, 3.63) is 28.8 Å². The molecular formula is C14H19ClN2O3. The second-order valence-electron chi connectivity index (χ2n) is 4.33. The number of carbonyl (C=O) groups is 2. The van der Waals surface area contributed by atoms with E-state index in [9.17, 15) is 9.59 Å². The van der Waals surface area contributed by atoms with Crippen LogP contribution in [0.5, 0.6) is 0 Å². The third-order valence-corrected chi connectivity index (χ3v) is 3.23. The van der Waals surface area contributed by atoms with Crippen LogP contribution in [0, 0.1) is 0 Å². The van der Waals surface area contributed by atoms with Crippen LogP contribution < -0.4 is 5.32 Å². The molecule has 1 aromatic carbocycles. The van der Waals surface area contributed by atoms with Crippen LogP contribution in [0.15, 0.2) is 18.2 Å². The molecule has 0 saturated carbocycles. The smallest absolute Gasteiger partial charge is 0.339 e. The summed E-state index contributed by atoms with van der Waals surface area (Å²) in [6.45, 7) is 5.13. The van der Waals surface area contributed by atoms with E-state index in [1.54, 1.807) is 11.0 Å². The van der Waals surface area contributed by atoms with Gasteiger partial charge in [-0.25, -0.2) is 9.59 Å². The number of benzene rings is 1. The Morgan fingerprint density at radius 3 is 2.60 bits per heavy atom. The molecule has 0 atom stereocenters. The molecule has 0 aromatic heterocycles. The Bertz CT molecular complexity index is 491. The van der Waals surface area contributed by atoms with Crippen molar-refractivity contribution in [2.24, 2.45) is 0 Å². The predicted octanol–water partition coefficient (Wildman–Crippen LogP) is 3.69. The van der Waals surface area contributed by atoms with Crippen LogP contribution in [0.2, 0.25) is 5.02 Å². The maximum Gasteiger partial charge on any atom is 0.339 e. The summed E-state index contributed by atoms with van der Waals surface area (Å²) < 4.78 is 0. The number of rotatable bonds is 6. The summed E-state index contributed by atoms with van der Waals surface area (Å²) in [5.41, 5.74) is 0.124. The highest BCUT2D eigenvalue weighted by molar-refractivity contribution is 6.34. The molecule has 5 nitrogen and oxygen atoms in total. The Morgan fingerprint density at radius 1 is 1.35 bits per heavy atom. The molecule has 0 aliphatic carbocycles. The number of hydrogen-bond acceptors (Lipinski definition) is 2. The lowest BCUT2D eigenvalue weighted by atomic mass is 10.2. The minimum atomic E-state index is -1.16. The molecule has 0 fully saturated rings. The molecule has 0 spiro atoms. The van der Waals surface area contributed by atoms with Gasteiger partial charge in [-0.3, -0.25) is 0 Å².